The molecule has 7 nitrogen and oxygen atoms in total. The standard InChI is InChI=1S/C12H15N3O4/c1-3-18-12(17)10-13-9(7-15(10)2)14-11(16)8-5-4-6-19-8/h4-6,9H,3,7H2,1-2H3,(H,14,16). The molecule has 1 N–H and O–H groups in total. The van der Waals surface area contributed by atoms with Crippen molar-refractivity contribution in [2.45, 2.75) is 13.1 Å². The lowest BCUT2D eigenvalue weighted by atomic mass is 10.4. The maximum absolute atomic E-state index is 11.8. The highest BCUT2D eigenvalue weighted by Crippen LogP contribution is 2.08. The summed E-state index contributed by atoms with van der Waals surface area (Å²) in [6, 6.07) is 3.19. The molecule has 1 amide bonds. The number of rotatable bonds is 4. The Bertz CT molecular complexity index is 495. The first-order chi connectivity index (χ1) is 9.11. The fourth-order valence-electron chi connectivity index (χ4n) is 1.75. The summed E-state index contributed by atoms with van der Waals surface area (Å²) in [5, 5.41) is 2.67. The molecule has 1 aliphatic rings. The first-order valence-electron chi connectivity index (χ1n) is 5.92. The molecule has 0 fully saturated rings. The minimum absolute atomic E-state index is 0.211. The molecule has 0 radical (unpaired) electrons. The Balaban J connectivity index is 2.00. The number of hydrogen-bond acceptors (Lipinski definition) is 6. The molecule has 0 saturated heterocycles. The fraction of sp³-hybridized carbons (Fsp3) is 0.417. The lowest BCUT2D eigenvalue weighted by molar-refractivity contribution is -0.135. The molecule has 2 rings (SSSR count). The summed E-state index contributed by atoms with van der Waals surface area (Å²) in [4.78, 5) is 29.1. The van der Waals surface area contributed by atoms with Gasteiger partial charge in [0, 0.05) is 7.05 Å². The SMILES string of the molecule is CCOC(=O)C1=NC(NC(=O)c2ccco2)CN1C. The molecule has 1 aromatic rings. The van der Waals surface area contributed by atoms with Gasteiger partial charge >= 0.3 is 5.97 Å². The van der Waals surface area contributed by atoms with Gasteiger partial charge in [0.15, 0.2) is 5.76 Å². The second kappa shape index (κ2) is 5.55. The van der Waals surface area contributed by atoms with Gasteiger partial charge in [0.2, 0.25) is 5.84 Å². The predicted octanol–water partition coefficient (Wildman–Crippen LogP) is 0.242. The molecular weight excluding hydrogens is 250 g/mol. The molecule has 0 aromatic carbocycles. The van der Waals surface area contributed by atoms with E-state index in [9.17, 15) is 9.59 Å². The van der Waals surface area contributed by atoms with Crippen molar-refractivity contribution in [1.82, 2.24) is 10.2 Å². The van der Waals surface area contributed by atoms with Crippen LogP contribution in [0.1, 0.15) is 17.5 Å². The molecule has 1 atom stereocenters. The van der Waals surface area contributed by atoms with E-state index in [1.165, 1.54) is 6.26 Å². The second-order valence-electron chi connectivity index (χ2n) is 4.02. The van der Waals surface area contributed by atoms with Gasteiger partial charge < -0.3 is 19.4 Å². The number of nitrogens with zero attached hydrogens (tertiary/aromatic N) is 2. The number of carbonyl (C=O) groups excluding carboxylic acids is 2. The minimum atomic E-state index is -0.486. The van der Waals surface area contributed by atoms with Crippen LogP contribution in [0.15, 0.2) is 27.8 Å². The zero-order valence-corrected chi connectivity index (χ0v) is 10.8. The van der Waals surface area contributed by atoms with Gasteiger partial charge in [-0.2, -0.15) is 0 Å². The number of likely N-dealkylation sites (N-methyl/N-ethyl adjacent to an activating group) is 1. The van der Waals surface area contributed by atoms with E-state index in [4.69, 9.17) is 9.15 Å². The zero-order chi connectivity index (χ0) is 13.8. The highest BCUT2D eigenvalue weighted by atomic mass is 16.5. The molecule has 2 heterocycles. The van der Waals surface area contributed by atoms with Crippen LogP contribution < -0.4 is 5.32 Å². The fourth-order valence-corrected chi connectivity index (χ4v) is 1.75. The Morgan fingerprint density at radius 1 is 1.63 bits per heavy atom. The van der Waals surface area contributed by atoms with Crippen LogP contribution in [0.5, 0.6) is 0 Å². The van der Waals surface area contributed by atoms with Gasteiger partial charge in [0.1, 0.15) is 6.17 Å². The van der Waals surface area contributed by atoms with Gasteiger partial charge in [-0.05, 0) is 19.1 Å². The van der Waals surface area contributed by atoms with E-state index in [-0.39, 0.29) is 24.1 Å². The van der Waals surface area contributed by atoms with Gasteiger partial charge in [-0.3, -0.25) is 4.79 Å². The van der Waals surface area contributed by atoms with Crippen LogP contribution in [-0.4, -0.2) is 49.0 Å². The Kier molecular flexibility index (Phi) is 3.84. The Labute approximate surface area is 110 Å². The van der Waals surface area contributed by atoms with E-state index in [1.54, 1.807) is 31.0 Å². The van der Waals surface area contributed by atoms with E-state index >= 15 is 0 Å². The van der Waals surface area contributed by atoms with E-state index in [0.29, 0.717) is 6.54 Å². The Morgan fingerprint density at radius 3 is 3.05 bits per heavy atom. The predicted molar refractivity (Wildman–Crippen MR) is 66.7 cm³/mol. The second-order valence-corrected chi connectivity index (χ2v) is 4.02. The van der Waals surface area contributed by atoms with Gasteiger partial charge in [-0.15, -0.1) is 0 Å². The summed E-state index contributed by atoms with van der Waals surface area (Å²) in [7, 11) is 1.72. The third-order valence-corrected chi connectivity index (χ3v) is 2.59. The Morgan fingerprint density at radius 2 is 2.42 bits per heavy atom. The topological polar surface area (TPSA) is 84.1 Å². The van der Waals surface area contributed by atoms with E-state index < -0.39 is 12.1 Å². The number of ether oxygens (including phenoxy) is 1. The lowest BCUT2D eigenvalue weighted by Gasteiger charge is -2.13. The smallest absolute Gasteiger partial charge is 0.373 e. The highest BCUT2D eigenvalue weighted by Gasteiger charge is 2.29. The number of esters is 1. The van der Waals surface area contributed by atoms with Crippen LogP contribution in [0.2, 0.25) is 0 Å². The van der Waals surface area contributed by atoms with Crippen molar-refractivity contribution >= 4 is 17.7 Å². The largest absolute Gasteiger partial charge is 0.460 e. The Hall–Kier alpha value is -2.31. The average molecular weight is 265 g/mol. The maximum Gasteiger partial charge on any atom is 0.373 e. The normalized spacial score (nSPS) is 18.1. The van der Waals surface area contributed by atoms with Gasteiger partial charge in [-0.1, -0.05) is 0 Å². The monoisotopic (exact) mass is 265 g/mol. The molecule has 0 spiro atoms. The summed E-state index contributed by atoms with van der Waals surface area (Å²) >= 11 is 0. The van der Waals surface area contributed by atoms with Crippen LogP contribution in [-0.2, 0) is 9.53 Å². The quantitative estimate of drug-likeness (QED) is 0.788. The average Bonchev–Trinajstić information content (AvgIpc) is 2.99. The molecule has 1 aliphatic heterocycles. The zero-order valence-electron chi connectivity index (χ0n) is 10.8. The lowest BCUT2D eigenvalue weighted by Crippen LogP contribution is -2.37. The highest BCUT2D eigenvalue weighted by molar-refractivity contribution is 6.35. The van der Waals surface area contributed by atoms with Crippen molar-refractivity contribution in [3.05, 3.63) is 24.2 Å². The first-order valence-corrected chi connectivity index (χ1v) is 5.92. The summed E-state index contributed by atoms with van der Waals surface area (Å²) in [5.41, 5.74) is 0. The number of furan rings is 1. The van der Waals surface area contributed by atoms with E-state index in [0.717, 1.165) is 0 Å². The van der Waals surface area contributed by atoms with E-state index in [2.05, 4.69) is 10.3 Å². The number of hydrogen-bond donors (Lipinski definition) is 1. The van der Waals surface area contributed by atoms with Crippen molar-refractivity contribution in [3.63, 3.8) is 0 Å². The molecule has 0 saturated carbocycles. The number of nitrogens with one attached hydrogen (secondary N) is 1. The maximum atomic E-state index is 11.8. The van der Waals surface area contributed by atoms with E-state index in [1.807, 2.05) is 0 Å². The third-order valence-electron chi connectivity index (χ3n) is 2.59. The summed E-state index contributed by atoms with van der Waals surface area (Å²) in [5.74, 6) is -0.425. The number of amides is 1. The van der Waals surface area contributed by atoms with Crippen LogP contribution in [0, 0.1) is 0 Å². The number of amidine groups is 1. The minimum Gasteiger partial charge on any atom is -0.460 e. The summed E-state index contributed by atoms with van der Waals surface area (Å²) in [6.45, 7) is 2.43. The van der Waals surface area contributed by atoms with Gasteiger partial charge in [0.25, 0.3) is 5.91 Å². The number of aliphatic imine (C=N–C) groups is 1. The first kappa shape index (κ1) is 13.1. The molecule has 0 aliphatic carbocycles. The van der Waals surface area contributed by atoms with Gasteiger partial charge in [0.05, 0.1) is 19.4 Å². The molecule has 19 heavy (non-hydrogen) atoms. The molecule has 1 aromatic heterocycles. The van der Waals surface area contributed by atoms with Crippen LogP contribution >= 0.6 is 0 Å². The molecule has 0 bridgehead atoms. The van der Waals surface area contributed by atoms with Gasteiger partial charge in [-0.25, -0.2) is 9.79 Å². The molecular formula is C12H15N3O4. The molecule has 102 valence electrons. The molecule has 1 unspecified atom stereocenters. The van der Waals surface area contributed by atoms with Crippen molar-refractivity contribution in [2.24, 2.45) is 4.99 Å². The molecule has 7 heteroatoms. The third kappa shape index (κ3) is 2.93. The van der Waals surface area contributed by atoms with Crippen molar-refractivity contribution < 1.29 is 18.7 Å². The summed E-state index contributed by atoms with van der Waals surface area (Å²) in [6.07, 6.45) is 0.935. The summed E-state index contributed by atoms with van der Waals surface area (Å²) < 4.78 is 9.86. The van der Waals surface area contributed by atoms with Crippen molar-refractivity contribution in [1.29, 1.82) is 0 Å². The van der Waals surface area contributed by atoms with Crippen molar-refractivity contribution in [3.8, 4) is 0 Å². The van der Waals surface area contributed by atoms with Crippen LogP contribution in [0.4, 0.5) is 0 Å². The van der Waals surface area contributed by atoms with Crippen LogP contribution in [0.3, 0.4) is 0 Å². The van der Waals surface area contributed by atoms with Crippen molar-refractivity contribution in [2.75, 3.05) is 20.2 Å². The van der Waals surface area contributed by atoms with Crippen LogP contribution in [0.25, 0.3) is 0 Å². The number of carbonyl (C=O) groups is 2.